The van der Waals surface area contributed by atoms with Crippen LogP contribution in [0.4, 0.5) is 0 Å². The van der Waals surface area contributed by atoms with Gasteiger partial charge in [0.05, 0.1) is 0 Å². The maximum atomic E-state index is 13.6. The van der Waals surface area contributed by atoms with E-state index in [9.17, 15) is 4.79 Å². The Labute approximate surface area is 190 Å². The zero-order valence-electron chi connectivity index (χ0n) is 19.2. The molecule has 0 bridgehead atoms. The van der Waals surface area contributed by atoms with E-state index >= 15 is 0 Å². The third-order valence-electron chi connectivity index (χ3n) is 6.19. The molecule has 1 aliphatic heterocycles. The van der Waals surface area contributed by atoms with Crippen LogP contribution in [0.25, 0.3) is 11.3 Å². The van der Waals surface area contributed by atoms with E-state index in [1.165, 1.54) is 5.56 Å². The van der Waals surface area contributed by atoms with Gasteiger partial charge >= 0.3 is 0 Å². The lowest BCUT2D eigenvalue weighted by Crippen LogP contribution is -2.57. The number of amides is 1. The van der Waals surface area contributed by atoms with Crippen LogP contribution in [0.2, 0.25) is 0 Å². The Bertz CT molecular complexity index is 1030. The normalized spacial score (nSPS) is 18.9. The Hall–Kier alpha value is -2.99. The number of hydrogen-bond acceptors (Lipinski definition) is 5. The number of nitrogens with one attached hydrogen (secondary N) is 1. The number of nitrogens with zero attached hydrogens (tertiary/aromatic N) is 3. The van der Waals surface area contributed by atoms with E-state index in [-0.39, 0.29) is 5.91 Å². The van der Waals surface area contributed by atoms with Crippen LogP contribution in [0.15, 0.2) is 59.4 Å². The number of pyridine rings is 1. The van der Waals surface area contributed by atoms with Crippen LogP contribution < -0.4 is 5.32 Å². The highest BCUT2D eigenvalue weighted by molar-refractivity contribution is 5.87. The molecule has 1 N–H and O–H groups in total. The number of carbonyl (C=O) groups is 1. The van der Waals surface area contributed by atoms with E-state index in [4.69, 9.17) is 4.52 Å². The largest absolute Gasteiger partial charge is 0.361 e. The lowest BCUT2D eigenvalue weighted by molar-refractivity contribution is -0.132. The molecule has 168 valence electrons. The summed E-state index contributed by atoms with van der Waals surface area (Å²) in [5, 5.41) is 7.48. The first-order chi connectivity index (χ1) is 15.5. The van der Waals surface area contributed by atoms with Crippen LogP contribution in [0.3, 0.4) is 0 Å². The van der Waals surface area contributed by atoms with Gasteiger partial charge in [-0.05, 0) is 43.9 Å². The molecule has 0 spiro atoms. The van der Waals surface area contributed by atoms with Crippen molar-refractivity contribution in [1.29, 1.82) is 0 Å². The molecule has 1 fully saturated rings. The number of aryl methyl sites for hydroxylation is 1. The fraction of sp³-hybridized carbons (Fsp3) is 0.423. The predicted octanol–water partition coefficient (Wildman–Crippen LogP) is 4.39. The standard InChI is InChI=1S/C26H32N4O2/c1-19(2)16-28-25(31)26(11-5-13-30(26)18-21-6-4-12-27-17-21)15-23-14-24(29-32-23)22-9-7-20(3)8-10-22/h4,6-10,12,14,17,19H,5,11,13,15-16,18H2,1-3H3,(H,28,31). The van der Waals surface area contributed by atoms with Crippen LogP contribution in [0.5, 0.6) is 0 Å². The quantitative estimate of drug-likeness (QED) is 0.571. The Morgan fingerprint density at radius 3 is 2.78 bits per heavy atom. The molecule has 2 aromatic heterocycles. The summed E-state index contributed by atoms with van der Waals surface area (Å²) in [5.41, 5.74) is 3.47. The van der Waals surface area contributed by atoms with E-state index in [1.54, 1.807) is 6.20 Å². The minimum absolute atomic E-state index is 0.0703. The molecular weight excluding hydrogens is 400 g/mol. The van der Waals surface area contributed by atoms with Gasteiger partial charge in [0, 0.05) is 43.5 Å². The number of hydrogen-bond donors (Lipinski definition) is 1. The number of aromatic nitrogens is 2. The maximum Gasteiger partial charge on any atom is 0.241 e. The SMILES string of the molecule is Cc1ccc(-c2cc(CC3(C(=O)NCC(C)C)CCCN3Cc3cccnc3)on2)cc1. The van der Waals surface area contributed by atoms with E-state index in [2.05, 4.69) is 59.3 Å². The first kappa shape index (κ1) is 22.2. The van der Waals surface area contributed by atoms with Crippen LogP contribution in [-0.2, 0) is 17.8 Å². The summed E-state index contributed by atoms with van der Waals surface area (Å²) in [6, 6.07) is 14.2. The molecule has 1 unspecified atom stereocenters. The predicted molar refractivity (Wildman–Crippen MR) is 125 cm³/mol. The molecule has 1 saturated heterocycles. The van der Waals surface area contributed by atoms with Crippen molar-refractivity contribution in [2.75, 3.05) is 13.1 Å². The smallest absolute Gasteiger partial charge is 0.241 e. The second kappa shape index (κ2) is 9.65. The fourth-order valence-corrected chi connectivity index (χ4v) is 4.42. The molecule has 0 aliphatic carbocycles. The Balaban J connectivity index is 1.61. The molecule has 1 amide bonds. The molecule has 0 saturated carbocycles. The summed E-state index contributed by atoms with van der Waals surface area (Å²) >= 11 is 0. The van der Waals surface area contributed by atoms with Gasteiger partial charge < -0.3 is 9.84 Å². The van der Waals surface area contributed by atoms with Gasteiger partial charge in [-0.25, -0.2) is 0 Å². The highest BCUT2D eigenvalue weighted by atomic mass is 16.5. The highest BCUT2D eigenvalue weighted by Gasteiger charge is 2.48. The molecule has 3 heterocycles. The second-order valence-corrected chi connectivity index (χ2v) is 9.24. The lowest BCUT2D eigenvalue weighted by Gasteiger charge is -2.37. The molecule has 1 aromatic carbocycles. The Kier molecular flexibility index (Phi) is 6.70. The summed E-state index contributed by atoms with van der Waals surface area (Å²) in [5.74, 6) is 1.20. The van der Waals surface area contributed by atoms with Crippen LogP contribution in [-0.4, -0.2) is 39.6 Å². The third kappa shape index (κ3) is 4.91. The molecule has 6 nitrogen and oxygen atoms in total. The number of rotatable bonds is 8. The van der Waals surface area contributed by atoms with Crippen LogP contribution >= 0.6 is 0 Å². The minimum Gasteiger partial charge on any atom is -0.361 e. The van der Waals surface area contributed by atoms with Gasteiger partial charge in [-0.3, -0.25) is 14.7 Å². The van der Waals surface area contributed by atoms with Gasteiger partial charge in [0.2, 0.25) is 5.91 Å². The molecular formula is C26H32N4O2. The third-order valence-corrected chi connectivity index (χ3v) is 6.19. The molecule has 4 rings (SSSR count). The molecule has 32 heavy (non-hydrogen) atoms. The molecule has 3 aromatic rings. The average Bonchev–Trinajstić information content (AvgIpc) is 3.41. The van der Waals surface area contributed by atoms with E-state index in [0.717, 1.165) is 42.0 Å². The Morgan fingerprint density at radius 2 is 2.06 bits per heavy atom. The van der Waals surface area contributed by atoms with Gasteiger partial charge in [0.25, 0.3) is 0 Å². The summed E-state index contributed by atoms with van der Waals surface area (Å²) in [6.07, 6.45) is 5.90. The van der Waals surface area contributed by atoms with E-state index in [0.29, 0.717) is 25.4 Å². The van der Waals surface area contributed by atoms with Crippen molar-refractivity contribution in [2.45, 2.75) is 52.1 Å². The zero-order chi connectivity index (χ0) is 22.6. The summed E-state index contributed by atoms with van der Waals surface area (Å²) in [4.78, 5) is 20.1. The van der Waals surface area contributed by atoms with Gasteiger partial charge in [-0.15, -0.1) is 0 Å². The number of benzene rings is 1. The zero-order valence-corrected chi connectivity index (χ0v) is 19.2. The van der Waals surface area contributed by atoms with Gasteiger partial charge in [0.1, 0.15) is 17.0 Å². The van der Waals surface area contributed by atoms with Crippen molar-refractivity contribution >= 4 is 5.91 Å². The summed E-state index contributed by atoms with van der Waals surface area (Å²) in [7, 11) is 0. The van der Waals surface area contributed by atoms with Crippen molar-refractivity contribution in [3.05, 3.63) is 71.7 Å². The number of carbonyl (C=O) groups excluding carboxylic acids is 1. The highest BCUT2D eigenvalue weighted by Crippen LogP contribution is 2.35. The van der Waals surface area contributed by atoms with E-state index in [1.807, 2.05) is 30.5 Å². The first-order valence-electron chi connectivity index (χ1n) is 11.4. The molecule has 1 atom stereocenters. The summed E-state index contributed by atoms with van der Waals surface area (Å²) < 4.78 is 5.74. The van der Waals surface area contributed by atoms with Crippen molar-refractivity contribution in [1.82, 2.24) is 20.4 Å². The number of likely N-dealkylation sites (tertiary alicyclic amines) is 1. The van der Waals surface area contributed by atoms with Crippen LogP contribution in [0, 0.1) is 12.8 Å². The van der Waals surface area contributed by atoms with Crippen molar-refractivity contribution < 1.29 is 9.32 Å². The van der Waals surface area contributed by atoms with Gasteiger partial charge in [-0.2, -0.15) is 0 Å². The van der Waals surface area contributed by atoms with Gasteiger partial charge in [-0.1, -0.05) is 54.9 Å². The first-order valence-corrected chi connectivity index (χ1v) is 11.4. The van der Waals surface area contributed by atoms with E-state index < -0.39 is 5.54 Å². The maximum absolute atomic E-state index is 13.6. The molecule has 6 heteroatoms. The van der Waals surface area contributed by atoms with Crippen molar-refractivity contribution in [3.63, 3.8) is 0 Å². The fourth-order valence-electron chi connectivity index (χ4n) is 4.42. The summed E-state index contributed by atoms with van der Waals surface area (Å²) in [6.45, 7) is 8.49. The monoisotopic (exact) mass is 432 g/mol. The van der Waals surface area contributed by atoms with Crippen LogP contribution in [0.1, 0.15) is 43.6 Å². The van der Waals surface area contributed by atoms with Gasteiger partial charge in [0.15, 0.2) is 0 Å². The minimum atomic E-state index is -0.658. The topological polar surface area (TPSA) is 71.3 Å². The second-order valence-electron chi connectivity index (χ2n) is 9.24. The molecule has 1 aliphatic rings. The Morgan fingerprint density at radius 1 is 1.25 bits per heavy atom. The van der Waals surface area contributed by atoms with Crippen molar-refractivity contribution in [2.24, 2.45) is 5.92 Å². The average molecular weight is 433 g/mol. The lowest BCUT2D eigenvalue weighted by atomic mass is 9.88. The molecule has 0 radical (unpaired) electrons. The van der Waals surface area contributed by atoms with Crippen molar-refractivity contribution in [3.8, 4) is 11.3 Å².